The standard InChI is InChI=1S/C26H28N6O/c1-4-24(5-2-20(1)18-28-11-12-32-13-15-33-16-14-32)30-26-29-19-23-17-22(3-6-25(23)31-26)21-7-9-27-10-8-21/h1-10,17,19,28H,11-16,18H2,(H,29,30,31). The number of rotatable bonds is 8. The minimum absolute atomic E-state index is 0.593. The van der Waals surface area contributed by atoms with E-state index in [1.54, 1.807) is 12.4 Å². The summed E-state index contributed by atoms with van der Waals surface area (Å²) in [4.78, 5) is 15.7. The molecule has 0 unspecified atom stereocenters. The summed E-state index contributed by atoms with van der Waals surface area (Å²) in [5, 5.41) is 7.84. The van der Waals surface area contributed by atoms with Crippen molar-refractivity contribution in [3.05, 3.63) is 78.8 Å². The molecule has 0 amide bonds. The molecule has 168 valence electrons. The van der Waals surface area contributed by atoms with Crippen LogP contribution in [0.4, 0.5) is 11.6 Å². The van der Waals surface area contributed by atoms with E-state index in [0.717, 1.165) is 73.7 Å². The van der Waals surface area contributed by atoms with Gasteiger partial charge < -0.3 is 15.4 Å². The first-order chi connectivity index (χ1) is 16.3. The van der Waals surface area contributed by atoms with E-state index in [9.17, 15) is 0 Å². The molecule has 1 aliphatic rings. The maximum absolute atomic E-state index is 5.39. The van der Waals surface area contributed by atoms with Crippen molar-refractivity contribution in [1.82, 2.24) is 25.2 Å². The topological polar surface area (TPSA) is 75.2 Å². The number of benzene rings is 2. The van der Waals surface area contributed by atoms with Crippen molar-refractivity contribution in [3.8, 4) is 11.1 Å². The summed E-state index contributed by atoms with van der Waals surface area (Å²) in [5.74, 6) is 0.593. The van der Waals surface area contributed by atoms with Crippen LogP contribution in [-0.2, 0) is 11.3 Å². The molecule has 1 saturated heterocycles. The normalized spacial score (nSPS) is 14.4. The zero-order valence-electron chi connectivity index (χ0n) is 18.6. The minimum Gasteiger partial charge on any atom is -0.379 e. The summed E-state index contributed by atoms with van der Waals surface area (Å²) < 4.78 is 5.39. The number of ether oxygens (including phenoxy) is 1. The molecule has 1 aliphatic heterocycles. The Kier molecular flexibility index (Phi) is 6.82. The van der Waals surface area contributed by atoms with Gasteiger partial charge in [0.2, 0.25) is 5.95 Å². The molecule has 1 fully saturated rings. The van der Waals surface area contributed by atoms with Gasteiger partial charge in [-0.15, -0.1) is 0 Å². The Morgan fingerprint density at radius 3 is 2.55 bits per heavy atom. The van der Waals surface area contributed by atoms with Gasteiger partial charge in [0.25, 0.3) is 0 Å². The molecule has 0 aliphatic carbocycles. The number of anilines is 2. The van der Waals surface area contributed by atoms with Crippen LogP contribution in [0.3, 0.4) is 0 Å². The van der Waals surface area contributed by atoms with Gasteiger partial charge in [0.1, 0.15) is 0 Å². The third-order valence-electron chi connectivity index (χ3n) is 5.84. The molecule has 2 N–H and O–H groups in total. The van der Waals surface area contributed by atoms with Crippen molar-refractivity contribution in [1.29, 1.82) is 0 Å². The lowest BCUT2D eigenvalue weighted by Crippen LogP contribution is -2.40. The first kappa shape index (κ1) is 21.5. The number of hydrogen-bond acceptors (Lipinski definition) is 7. The van der Waals surface area contributed by atoms with Crippen molar-refractivity contribution in [2.75, 3.05) is 44.7 Å². The molecule has 0 radical (unpaired) electrons. The van der Waals surface area contributed by atoms with E-state index in [2.05, 4.69) is 66.9 Å². The van der Waals surface area contributed by atoms with E-state index in [-0.39, 0.29) is 0 Å². The Balaban J connectivity index is 1.16. The number of nitrogens with one attached hydrogen (secondary N) is 2. The Labute approximate surface area is 193 Å². The molecular weight excluding hydrogens is 412 g/mol. The Morgan fingerprint density at radius 2 is 1.73 bits per heavy atom. The monoisotopic (exact) mass is 440 g/mol. The fourth-order valence-electron chi connectivity index (χ4n) is 3.95. The van der Waals surface area contributed by atoms with Gasteiger partial charge in [-0.2, -0.15) is 0 Å². The number of fused-ring (bicyclic) bond motifs is 1. The Hall–Kier alpha value is -3.39. The lowest BCUT2D eigenvalue weighted by Gasteiger charge is -2.26. The molecule has 7 heteroatoms. The molecule has 3 heterocycles. The molecule has 2 aromatic carbocycles. The average molecular weight is 441 g/mol. The zero-order chi connectivity index (χ0) is 22.3. The molecule has 4 aromatic rings. The summed E-state index contributed by atoms with van der Waals surface area (Å²) >= 11 is 0. The smallest absolute Gasteiger partial charge is 0.227 e. The van der Waals surface area contributed by atoms with Crippen LogP contribution < -0.4 is 10.6 Å². The van der Waals surface area contributed by atoms with Gasteiger partial charge in [0.05, 0.1) is 18.7 Å². The van der Waals surface area contributed by atoms with Crippen molar-refractivity contribution < 1.29 is 4.74 Å². The Morgan fingerprint density at radius 1 is 0.909 bits per heavy atom. The molecule has 0 bridgehead atoms. The number of hydrogen-bond donors (Lipinski definition) is 2. The second kappa shape index (κ2) is 10.5. The number of pyridine rings is 1. The quantitative estimate of drug-likeness (QED) is 0.403. The second-order valence-corrected chi connectivity index (χ2v) is 8.16. The van der Waals surface area contributed by atoms with E-state index in [1.165, 1.54) is 5.56 Å². The van der Waals surface area contributed by atoms with E-state index in [0.29, 0.717) is 5.95 Å². The molecule has 33 heavy (non-hydrogen) atoms. The van der Waals surface area contributed by atoms with Crippen LogP contribution in [0.25, 0.3) is 22.0 Å². The van der Waals surface area contributed by atoms with Crippen molar-refractivity contribution in [2.24, 2.45) is 0 Å². The van der Waals surface area contributed by atoms with Crippen molar-refractivity contribution >= 4 is 22.5 Å². The highest BCUT2D eigenvalue weighted by molar-refractivity contribution is 5.84. The maximum atomic E-state index is 5.39. The molecular formula is C26H28N6O. The van der Waals surface area contributed by atoms with E-state index in [4.69, 9.17) is 4.74 Å². The summed E-state index contributed by atoms with van der Waals surface area (Å²) in [6, 6.07) is 18.6. The fraction of sp³-hybridized carbons (Fsp3) is 0.269. The summed E-state index contributed by atoms with van der Waals surface area (Å²) in [6.07, 6.45) is 5.47. The van der Waals surface area contributed by atoms with Crippen molar-refractivity contribution in [2.45, 2.75) is 6.54 Å². The third kappa shape index (κ3) is 5.70. The predicted molar refractivity (Wildman–Crippen MR) is 131 cm³/mol. The number of nitrogens with zero attached hydrogens (tertiary/aromatic N) is 4. The van der Waals surface area contributed by atoms with Gasteiger partial charge in [0, 0.05) is 62.4 Å². The lowest BCUT2D eigenvalue weighted by atomic mass is 10.1. The highest BCUT2D eigenvalue weighted by Crippen LogP contribution is 2.24. The first-order valence-corrected chi connectivity index (χ1v) is 11.4. The molecule has 7 nitrogen and oxygen atoms in total. The van der Waals surface area contributed by atoms with E-state index < -0.39 is 0 Å². The minimum atomic E-state index is 0.593. The van der Waals surface area contributed by atoms with Gasteiger partial charge in [-0.05, 0) is 53.1 Å². The first-order valence-electron chi connectivity index (χ1n) is 11.4. The summed E-state index contributed by atoms with van der Waals surface area (Å²) in [6.45, 7) is 6.66. The number of aromatic nitrogens is 3. The van der Waals surface area contributed by atoms with Crippen LogP contribution >= 0.6 is 0 Å². The van der Waals surface area contributed by atoms with Crippen LogP contribution in [-0.4, -0.2) is 59.2 Å². The van der Waals surface area contributed by atoms with Gasteiger partial charge in [-0.1, -0.05) is 18.2 Å². The molecule has 0 saturated carbocycles. The largest absolute Gasteiger partial charge is 0.379 e. The predicted octanol–water partition coefficient (Wildman–Crippen LogP) is 3.86. The van der Waals surface area contributed by atoms with Gasteiger partial charge in [-0.25, -0.2) is 9.97 Å². The van der Waals surface area contributed by atoms with E-state index >= 15 is 0 Å². The SMILES string of the molecule is c1cc(-c2ccc3nc(Nc4ccc(CNCCN5CCOCC5)cc4)ncc3c2)ccn1. The average Bonchev–Trinajstić information content (AvgIpc) is 2.88. The third-order valence-corrected chi connectivity index (χ3v) is 5.84. The van der Waals surface area contributed by atoms with E-state index in [1.807, 2.05) is 24.4 Å². The molecule has 0 spiro atoms. The van der Waals surface area contributed by atoms with Gasteiger partial charge >= 0.3 is 0 Å². The van der Waals surface area contributed by atoms with Crippen LogP contribution in [0.5, 0.6) is 0 Å². The van der Waals surface area contributed by atoms with Gasteiger partial charge in [0.15, 0.2) is 0 Å². The fourth-order valence-corrected chi connectivity index (χ4v) is 3.95. The van der Waals surface area contributed by atoms with Crippen molar-refractivity contribution in [3.63, 3.8) is 0 Å². The summed E-state index contributed by atoms with van der Waals surface area (Å²) in [5.41, 5.74) is 5.39. The van der Waals surface area contributed by atoms with Gasteiger partial charge in [-0.3, -0.25) is 9.88 Å². The van der Waals surface area contributed by atoms with Crippen LogP contribution in [0.15, 0.2) is 73.2 Å². The number of morpholine rings is 1. The highest BCUT2D eigenvalue weighted by atomic mass is 16.5. The Bertz CT molecular complexity index is 1180. The van der Waals surface area contributed by atoms with Crippen LogP contribution in [0.1, 0.15) is 5.56 Å². The summed E-state index contributed by atoms with van der Waals surface area (Å²) in [7, 11) is 0. The maximum Gasteiger partial charge on any atom is 0.227 e. The van der Waals surface area contributed by atoms with Crippen LogP contribution in [0.2, 0.25) is 0 Å². The zero-order valence-corrected chi connectivity index (χ0v) is 18.6. The molecule has 2 aromatic heterocycles. The molecule has 0 atom stereocenters. The lowest BCUT2D eigenvalue weighted by molar-refractivity contribution is 0.0384. The second-order valence-electron chi connectivity index (χ2n) is 8.16. The highest BCUT2D eigenvalue weighted by Gasteiger charge is 2.09. The van der Waals surface area contributed by atoms with Crippen LogP contribution in [0, 0.1) is 0 Å². The molecule has 5 rings (SSSR count).